The standard InChI is InChI=1S/C20H31N5S.HI/c1-14(12-19-16(3)24-25(6)17(19)4)23-20(21-5)22-13-15(2)26-18-10-8-7-9-11-18;/h7-11,14-15H,12-13H2,1-6H3,(H2,21,22,23);1H. The quantitative estimate of drug-likeness (QED) is 0.261. The van der Waals surface area contributed by atoms with Crippen LogP contribution in [0, 0.1) is 13.8 Å². The maximum absolute atomic E-state index is 4.50. The third-order valence-corrected chi connectivity index (χ3v) is 5.53. The summed E-state index contributed by atoms with van der Waals surface area (Å²) in [5.74, 6) is 0.845. The van der Waals surface area contributed by atoms with Crippen molar-refractivity contribution in [2.45, 2.75) is 50.3 Å². The predicted molar refractivity (Wildman–Crippen MR) is 128 cm³/mol. The Balaban J connectivity index is 0.00000364. The molecule has 27 heavy (non-hydrogen) atoms. The van der Waals surface area contributed by atoms with Crippen molar-refractivity contribution in [3.63, 3.8) is 0 Å². The molecule has 150 valence electrons. The zero-order valence-electron chi connectivity index (χ0n) is 17.1. The van der Waals surface area contributed by atoms with Crippen LogP contribution in [0.15, 0.2) is 40.2 Å². The third-order valence-electron chi connectivity index (χ3n) is 4.41. The van der Waals surface area contributed by atoms with Crippen LogP contribution in [0.25, 0.3) is 0 Å². The van der Waals surface area contributed by atoms with E-state index in [4.69, 9.17) is 0 Å². The fraction of sp³-hybridized carbons (Fsp3) is 0.500. The first-order valence-corrected chi connectivity index (χ1v) is 9.96. The number of hydrogen-bond donors (Lipinski definition) is 2. The van der Waals surface area contributed by atoms with Crippen LogP contribution in [0.3, 0.4) is 0 Å². The van der Waals surface area contributed by atoms with Gasteiger partial charge in [0.25, 0.3) is 0 Å². The molecule has 2 rings (SSSR count). The van der Waals surface area contributed by atoms with Gasteiger partial charge in [-0.15, -0.1) is 35.7 Å². The number of nitrogens with one attached hydrogen (secondary N) is 2. The Morgan fingerprint density at radius 1 is 1.22 bits per heavy atom. The van der Waals surface area contributed by atoms with E-state index in [2.05, 4.69) is 72.7 Å². The van der Waals surface area contributed by atoms with Crippen LogP contribution >= 0.6 is 35.7 Å². The molecule has 5 nitrogen and oxygen atoms in total. The molecule has 7 heteroatoms. The fourth-order valence-corrected chi connectivity index (χ4v) is 3.86. The number of thioether (sulfide) groups is 1. The van der Waals surface area contributed by atoms with Crippen LogP contribution in [0.5, 0.6) is 0 Å². The fourth-order valence-electron chi connectivity index (χ4n) is 2.91. The first-order chi connectivity index (χ1) is 12.4. The molecule has 0 amide bonds. The lowest BCUT2D eigenvalue weighted by Gasteiger charge is -2.20. The van der Waals surface area contributed by atoms with E-state index < -0.39 is 0 Å². The summed E-state index contributed by atoms with van der Waals surface area (Å²) in [5.41, 5.74) is 3.65. The lowest BCUT2D eigenvalue weighted by molar-refractivity contribution is 0.635. The van der Waals surface area contributed by atoms with Gasteiger partial charge in [-0.05, 0) is 44.9 Å². The number of guanidine groups is 1. The lowest BCUT2D eigenvalue weighted by Crippen LogP contribution is -2.44. The van der Waals surface area contributed by atoms with Crippen molar-refractivity contribution >= 4 is 41.7 Å². The topological polar surface area (TPSA) is 54.2 Å². The summed E-state index contributed by atoms with van der Waals surface area (Å²) in [7, 11) is 3.81. The van der Waals surface area contributed by atoms with Crippen molar-refractivity contribution in [1.82, 2.24) is 20.4 Å². The maximum atomic E-state index is 4.50. The molecular formula is C20H32IN5S. The second-order valence-corrected chi connectivity index (χ2v) is 8.23. The molecule has 0 radical (unpaired) electrons. The summed E-state index contributed by atoms with van der Waals surface area (Å²) in [6.07, 6.45) is 0.931. The highest BCUT2D eigenvalue weighted by atomic mass is 127. The molecule has 2 atom stereocenters. The van der Waals surface area contributed by atoms with Gasteiger partial charge in [0.1, 0.15) is 0 Å². The van der Waals surface area contributed by atoms with Crippen LogP contribution in [0.1, 0.15) is 30.8 Å². The molecule has 0 aliphatic rings. The smallest absolute Gasteiger partial charge is 0.191 e. The highest BCUT2D eigenvalue weighted by Gasteiger charge is 2.14. The van der Waals surface area contributed by atoms with Crippen molar-refractivity contribution in [3.8, 4) is 0 Å². The minimum Gasteiger partial charge on any atom is -0.355 e. The summed E-state index contributed by atoms with van der Waals surface area (Å²) in [4.78, 5) is 5.66. The van der Waals surface area contributed by atoms with E-state index in [1.54, 1.807) is 0 Å². The predicted octanol–water partition coefficient (Wildman–Crippen LogP) is 3.93. The molecule has 2 unspecified atom stereocenters. The van der Waals surface area contributed by atoms with E-state index in [0.29, 0.717) is 5.25 Å². The van der Waals surface area contributed by atoms with Crippen molar-refractivity contribution in [3.05, 3.63) is 47.3 Å². The molecule has 1 aromatic heterocycles. The average molecular weight is 501 g/mol. The largest absolute Gasteiger partial charge is 0.355 e. The molecular weight excluding hydrogens is 469 g/mol. The lowest BCUT2D eigenvalue weighted by atomic mass is 10.1. The maximum Gasteiger partial charge on any atom is 0.191 e. The zero-order chi connectivity index (χ0) is 19.1. The van der Waals surface area contributed by atoms with Gasteiger partial charge in [-0.3, -0.25) is 9.67 Å². The van der Waals surface area contributed by atoms with Crippen molar-refractivity contribution in [2.75, 3.05) is 13.6 Å². The molecule has 0 fully saturated rings. The SMILES string of the molecule is CN=C(NCC(C)Sc1ccccc1)NC(C)Cc1c(C)nn(C)c1C.I. The van der Waals surface area contributed by atoms with E-state index in [0.717, 1.165) is 24.6 Å². The first kappa shape index (κ1) is 23.8. The van der Waals surface area contributed by atoms with Gasteiger partial charge in [0.15, 0.2) is 5.96 Å². The summed E-state index contributed by atoms with van der Waals surface area (Å²) in [6, 6.07) is 10.8. The van der Waals surface area contributed by atoms with Crippen molar-refractivity contribution < 1.29 is 0 Å². The number of aryl methyl sites for hydroxylation is 2. The van der Waals surface area contributed by atoms with Crippen molar-refractivity contribution in [1.29, 1.82) is 0 Å². The van der Waals surface area contributed by atoms with E-state index in [9.17, 15) is 0 Å². The Morgan fingerprint density at radius 3 is 2.44 bits per heavy atom. The van der Waals surface area contributed by atoms with Crippen LogP contribution in [0.4, 0.5) is 0 Å². The summed E-state index contributed by atoms with van der Waals surface area (Å²) >= 11 is 1.87. The second-order valence-electron chi connectivity index (χ2n) is 6.72. The molecule has 0 bridgehead atoms. The van der Waals surface area contributed by atoms with Crippen LogP contribution in [-0.4, -0.2) is 40.6 Å². The monoisotopic (exact) mass is 501 g/mol. The van der Waals surface area contributed by atoms with E-state index in [1.165, 1.54) is 16.2 Å². The Morgan fingerprint density at radius 2 is 1.89 bits per heavy atom. The van der Waals surface area contributed by atoms with E-state index >= 15 is 0 Å². The number of halogens is 1. The number of aliphatic imine (C=N–C) groups is 1. The van der Waals surface area contributed by atoms with E-state index in [1.807, 2.05) is 36.6 Å². The molecule has 2 N–H and O–H groups in total. The van der Waals surface area contributed by atoms with Crippen LogP contribution in [0.2, 0.25) is 0 Å². The number of nitrogens with zero attached hydrogens (tertiary/aromatic N) is 3. The van der Waals surface area contributed by atoms with Crippen molar-refractivity contribution in [2.24, 2.45) is 12.0 Å². The third kappa shape index (κ3) is 7.37. The second kappa shape index (κ2) is 11.6. The van der Waals surface area contributed by atoms with Gasteiger partial charge in [-0.1, -0.05) is 25.1 Å². The highest BCUT2D eigenvalue weighted by Crippen LogP contribution is 2.21. The summed E-state index contributed by atoms with van der Waals surface area (Å²) in [5, 5.41) is 11.9. The molecule has 0 aliphatic heterocycles. The molecule has 0 spiro atoms. The van der Waals surface area contributed by atoms with E-state index in [-0.39, 0.29) is 30.0 Å². The summed E-state index contributed by atoms with van der Waals surface area (Å²) < 4.78 is 1.95. The molecule has 0 saturated heterocycles. The number of aromatic nitrogens is 2. The molecule has 2 aromatic rings. The first-order valence-electron chi connectivity index (χ1n) is 9.08. The normalized spacial score (nSPS) is 13.6. The number of benzene rings is 1. The highest BCUT2D eigenvalue weighted by molar-refractivity contribution is 14.0. The number of hydrogen-bond acceptors (Lipinski definition) is 3. The van der Waals surface area contributed by atoms with Gasteiger partial charge >= 0.3 is 0 Å². The molecule has 0 aliphatic carbocycles. The number of rotatable bonds is 7. The zero-order valence-corrected chi connectivity index (χ0v) is 20.3. The summed E-state index contributed by atoms with van der Waals surface area (Å²) in [6.45, 7) is 9.46. The Hall–Kier alpha value is -1.22. The van der Waals surface area contributed by atoms with Gasteiger partial charge in [0, 0.05) is 42.5 Å². The molecule has 1 heterocycles. The van der Waals surface area contributed by atoms with Gasteiger partial charge in [0.2, 0.25) is 0 Å². The Kier molecular flexibility index (Phi) is 10.2. The van der Waals surface area contributed by atoms with Gasteiger partial charge in [0.05, 0.1) is 5.69 Å². The van der Waals surface area contributed by atoms with Crippen LogP contribution < -0.4 is 10.6 Å². The van der Waals surface area contributed by atoms with Gasteiger partial charge in [-0.2, -0.15) is 5.10 Å². The van der Waals surface area contributed by atoms with Gasteiger partial charge < -0.3 is 10.6 Å². The van der Waals surface area contributed by atoms with Gasteiger partial charge in [-0.25, -0.2) is 0 Å². The minimum absolute atomic E-state index is 0. The Labute approximate surface area is 184 Å². The molecule has 0 saturated carbocycles. The Bertz CT molecular complexity index is 729. The average Bonchev–Trinajstić information content (AvgIpc) is 2.85. The molecule has 1 aromatic carbocycles. The minimum atomic E-state index is 0. The van der Waals surface area contributed by atoms with Crippen LogP contribution in [-0.2, 0) is 13.5 Å².